The van der Waals surface area contributed by atoms with Crippen molar-refractivity contribution in [2.24, 2.45) is 5.73 Å². The predicted octanol–water partition coefficient (Wildman–Crippen LogP) is 0.480. The maximum atomic E-state index is 10.9. The van der Waals surface area contributed by atoms with Gasteiger partial charge in [0.1, 0.15) is 5.75 Å². The van der Waals surface area contributed by atoms with Crippen molar-refractivity contribution in [3.63, 3.8) is 0 Å². The van der Waals surface area contributed by atoms with Crippen LogP contribution in [-0.4, -0.2) is 25.1 Å². The number of primary amides is 1. The number of rotatable bonds is 4. The minimum absolute atomic E-state index is 0.0997. The molecule has 0 radical (unpaired) electrons. The second kappa shape index (κ2) is 4.32. The summed E-state index contributed by atoms with van der Waals surface area (Å²) in [6.07, 6.45) is -0.209. The van der Waals surface area contributed by atoms with Crippen molar-refractivity contribution in [3.05, 3.63) is 17.7 Å². The molecule has 17 heavy (non-hydrogen) atoms. The summed E-state index contributed by atoms with van der Waals surface area (Å²) in [5, 5.41) is 0. The lowest BCUT2D eigenvalue weighted by molar-refractivity contribution is -0.124. The van der Waals surface area contributed by atoms with Gasteiger partial charge in [0.15, 0.2) is 23.9 Å². The van der Waals surface area contributed by atoms with E-state index in [9.17, 15) is 9.59 Å². The first-order valence-corrected chi connectivity index (χ1v) is 4.96. The van der Waals surface area contributed by atoms with Crippen molar-refractivity contribution in [2.75, 3.05) is 6.79 Å². The number of fused-ring (bicyclic) bond motifs is 1. The minimum Gasteiger partial charge on any atom is -0.480 e. The molecule has 0 spiro atoms. The lowest BCUT2D eigenvalue weighted by Gasteiger charge is -2.13. The third-order valence-electron chi connectivity index (χ3n) is 2.34. The van der Waals surface area contributed by atoms with E-state index < -0.39 is 12.0 Å². The molecule has 0 saturated heterocycles. The number of benzene rings is 1. The van der Waals surface area contributed by atoms with Crippen LogP contribution in [0, 0.1) is 0 Å². The molecular formula is C11H11NO5. The van der Waals surface area contributed by atoms with E-state index in [0.29, 0.717) is 17.8 Å². The fourth-order valence-corrected chi connectivity index (χ4v) is 1.38. The molecule has 90 valence electrons. The zero-order valence-electron chi connectivity index (χ0n) is 9.14. The zero-order valence-corrected chi connectivity index (χ0v) is 9.14. The van der Waals surface area contributed by atoms with E-state index in [1.807, 2.05) is 0 Å². The maximum Gasteiger partial charge on any atom is 0.258 e. The molecule has 2 N–H and O–H groups in total. The molecule has 1 amide bonds. The van der Waals surface area contributed by atoms with Gasteiger partial charge in [-0.25, -0.2) is 0 Å². The van der Waals surface area contributed by atoms with Crippen LogP contribution < -0.4 is 19.9 Å². The molecule has 1 aliphatic rings. The SMILES string of the molecule is CC(Oc1cc2c(cc1C=O)OCO2)C(N)=O. The van der Waals surface area contributed by atoms with Gasteiger partial charge in [0.05, 0.1) is 5.56 Å². The van der Waals surface area contributed by atoms with Gasteiger partial charge in [-0.1, -0.05) is 0 Å². The smallest absolute Gasteiger partial charge is 0.258 e. The lowest BCUT2D eigenvalue weighted by Crippen LogP contribution is -2.30. The topological polar surface area (TPSA) is 87.8 Å². The van der Waals surface area contributed by atoms with Crippen LogP contribution >= 0.6 is 0 Å². The highest BCUT2D eigenvalue weighted by Gasteiger charge is 2.20. The number of hydrogen-bond donors (Lipinski definition) is 1. The molecule has 1 aromatic carbocycles. The van der Waals surface area contributed by atoms with Crippen molar-refractivity contribution in [3.8, 4) is 17.2 Å². The Bertz CT molecular complexity index is 471. The van der Waals surface area contributed by atoms with Gasteiger partial charge in [0.2, 0.25) is 6.79 Å². The fourth-order valence-electron chi connectivity index (χ4n) is 1.38. The first-order chi connectivity index (χ1) is 8.11. The van der Waals surface area contributed by atoms with E-state index in [0.717, 1.165) is 0 Å². The average Bonchev–Trinajstić information content (AvgIpc) is 2.74. The first-order valence-electron chi connectivity index (χ1n) is 4.96. The van der Waals surface area contributed by atoms with Crippen molar-refractivity contribution in [1.29, 1.82) is 0 Å². The third-order valence-corrected chi connectivity index (χ3v) is 2.34. The van der Waals surface area contributed by atoms with Gasteiger partial charge in [0.25, 0.3) is 5.91 Å². The Hall–Kier alpha value is -2.24. The molecule has 0 aliphatic carbocycles. The summed E-state index contributed by atoms with van der Waals surface area (Å²) in [7, 11) is 0. The highest BCUT2D eigenvalue weighted by molar-refractivity contribution is 5.83. The lowest BCUT2D eigenvalue weighted by atomic mass is 10.2. The van der Waals surface area contributed by atoms with Crippen LogP contribution in [0.3, 0.4) is 0 Å². The molecule has 1 aromatic rings. The van der Waals surface area contributed by atoms with Gasteiger partial charge in [0, 0.05) is 6.07 Å². The van der Waals surface area contributed by atoms with Crippen LogP contribution in [0.2, 0.25) is 0 Å². The van der Waals surface area contributed by atoms with E-state index in [2.05, 4.69) is 0 Å². The van der Waals surface area contributed by atoms with Crippen molar-refractivity contribution < 1.29 is 23.8 Å². The Morgan fingerprint density at radius 2 is 2.12 bits per heavy atom. The molecule has 1 aliphatic heterocycles. The standard InChI is InChI=1S/C11H11NO5/c1-6(11(12)14)17-8-3-10-9(15-5-16-10)2-7(8)4-13/h2-4,6H,5H2,1H3,(H2,12,14). The second-order valence-corrected chi connectivity index (χ2v) is 3.52. The van der Waals surface area contributed by atoms with E-state index in [1.165, 1.54) is 19.1 Å². The predicted molar refractivity (Wildman–Crippen MR) is 57.2 cm³/mol. The average molecular weight is 237 g/mol. The molecule has 1 heterocycles. The molecule has 1 unspecified atom stereocenters. The van der Waals surface area contributed by atoms with E-state index in [4.69, 9.17) is 19.9 Å². The normalized spacial score (nSPS) is 14.2. The van der Waals surface area contributed by atoms with Crippen LogP contribution in [-0.2, 0) is 4.79 Å². The molecule has 6 heteroatoms. The van der Waals surface area contributed by atoms with Crippen molar-refractivity contribution in [1.82, 2.24) is 0 Å². The molecule has 0 aromatic heterocycles. The molecular weight excluding hydrogens is 226 g/mol. The molecule has 0 bridgehead atoms. The van der Waals surface area contributed by atoms with Gasteiger partial charge in [-0.15, -0.1) is 0 Å². The molecule has 0 fully saturated rings. The highest BCUT2D eigenvalue weighted by Crippen LogP contribution is 2.37. The summed E-state index contributed by atoms with van der Waals surface area (Å²) in [6, 6.07) is 3.00. The summed E-state index contributed by atoms with van der Waals surface area (Å²) in [5.74, 6) is 0.587. The summed E-state index contributed by atoms with van der Waals surface area (Å²) in [6.45, 7) is 1.60. The van der Waals surface area contributed by atoms with Crippen LogP contribution in [0.1, 0.15) is 17.3 Å². The molecule has 2 rings (SSSR count). The van der Waals surface area contributed by atoms with Gasteiger partial charge in [-0.3, -0.25) is 9.59 Å². The van der Waals surface area contributed by atoms with Crippen molar-refractivity contribution >= 4 is 12.2 Å². The minimum atomic E-state index is -0.825. The van der Waals surface area contributed by atoms with Crippen molar-refractivity contribution in [2.45, 2.75) is 13.0 Å². The first kappa shape index (κ1) is 11.3. The second-order valence-electron chi connectivity index (χ2n) is 3.52. The Morgan fingerprint density at radius 1 is 1.47 bits per heavy atom. The Morgan fingerprint density at radius 3 is 2.71 bits per heavy atom. The van der Waals surface area contributed by atoms with Crippen LogP contribution in [0.25, 0.3) is 0 Å². The fraction of sp³-hybridized carbons (Fsp3) is 0.273. The third kappa shape index (κ3) is 2.15. The zero-order chi connectivity index (χ0) is 12.4. The van der Waals surface area contributed by atoms with Gasteiger partial charge >= 0.3 is 0 Å². The number of amides is 1. The summed E-state index contributed by atoms with van der Waals surface area (Å²) >= 11 is 0. The van der Waals surface area contributed by atoms with Crippen LogP contribution in [0.5, 0.6) is 17.2 Å². The number of aldehydes is 1. The Balaban J connectivity index is 2.32. The number of hydrogen-bond acceptors (Lipinski definition) is 5. The Kier molecular flexibility index (Phi) is 2.86. The van der Waals surface area contributed by atoms with Gasteiger partial charge < -0.3 is 19.9 Å². The summed E-state index contributed by atoms with van der Waals surface area (Å²) in [4.78, 5) is 21.8. The molecule has 6 nitrogen and oxygen atoms in total. The maximum absolute atomic E-state index is 10.9. The summed E-state index contributed by atoms with van der Waals surface area (Å²) < 4.78 is 15.5. The number of carbonyl (C=O) groups is 2. The highest BCUT2D eigenvalue weighted by atomic mass is 16.7. The van der Waals surface area contributed by atoms with E-state index >= 15 is 0 Å². The van der Waals surface area contributed by atoms with Crippen LogP contribution in [0.4, 0.5) is 0 Å². The molecule has 1 atom stereocenters. The van der Waals surface area contributed by atoms with Gasteiger partial charge in [-0.05, 0) is 13.0 Å². The largest absolute Gasteiger partial charge is 0.480 e. The van der Waals surface area contributed by atoms with E-state index in [1.54, 1.807) is 0 Å². The molecule has 0 saturated carbocycles. The number of ether oxygens (including phenoxy) is 3. The number of carbonyl (C=O) groups excluding carboxylic acids is 2. The number of nitrogens with two attached hydrogens (primary N) is 1. The summed E-state index contributed by atoms with van der Waals surface area (Å²) in [5.41, 5.74) is 5.36. The quantitative estimate of drug-likeness (QED) is 0.769. The monoisotopic (exact) mass is 237 g/mol. The van der Waals surface area contributed by atoms with Crippen LogP contribution in [0.15, 0.2) is 12.1 Å². The Labute approximate surface area is 97.3 Å². The van der Waals surface area contributed by atoms with E-state index in [-0.39, 0.29) is 18.1 Å². The van der Waals surface area contributed by atoms with Gasteiger partial charge in [-0.2, -0.15) is 0 Å².